The number of nitrogens with zero attached hydrogens (tertiary/aromatic N) is 2. The third-order valence-corrected chi connectivity index (χ3v) is 2.67. The van der Waals surface area contributed by atoms with Gasteiger partial charge in [0.05, 0.1) is 11.9 Å². The number of hydrogen-bond acceptors (Lipinski definition) is 3. The van der Waals surface area contributed by atoms with E-state index in [0.29, 0.717) is 6.61 Å². The molecule has 0 spiro atoms. The van der Waals surface area contributed by atoms with Crippen molar-refractivity contribution in [2.45, 2.75) is 13.8 Å². The number of carbonyl (C=O) groups is 1. The number of carboxylic acid groups (broad SMARTS) is 1. The Kier molecular flexibility index (Phi) is 4.20. The molecule has 20 heavy (non-hydrogen) atoms. The van der Waals surface area contributed by atoms with Crippen molar-refractivity contribution >= 4 is 5.97 Å². The maximum Gasteiger partial charge on any atom is 0.342 e. The first-order chi connectivity index (χ1) is 9.59. The lowest BCUT2D eigenvalue weighted by Crippen LogP contribution is -2.06. The fourth-order valence-corrected chi connectivity index (χ4v) is 1.66. The zero-order valence-corrected chi connectivity index (χ0v) is 11.4. The van der Waals surface area contributed by atoms with Gasteiger partial charge in [-0.05, 0) is 32.1 Å². The highest BCUT2D eigenvalue weighted by molar-refractivity contribution is 5.90. The molecule has 1 heterocycles. The smallest absolute Gasteiger partial charge is 0.342 e. The Morgan fingerprint density at radius 2 is 2.05 bits per heavy atom. The number of rotatable bonds is 5. The van der Waals surface area contributed by atoms with Crippen LogP contribution in [0.5, 0.6) is 5.88 Å². The molecule has 0 unspecified atom stereocenters. The van der Waals surface area contributed by atoms with Crippen LogP contribution in [0.4, 0.5) is 0 Å². The third kappa shape index (κ3) is 3.06. The number of hydrogen-bond donors (Lipinski definition) is 1. The Balaban J connectivity index is 2.37. The van der Waals surface area contributed by atoms with Gasteiger partial charge in [0.2, 0.25) is 5.88 Å². The molecule has 1 aromatic heterocycles. The molecule has 0 amide bonds. The average molecular weight is 272 g/mol. The van der Waals surface area contributed by atoms with Gasteiger partial charge in [-0.25, -0.2) is 9.48 Å². The molecule has 104 valence electrons. The van der Waals surface area contributed by atoms with Crippen molar-refractivity contribution in [2.75, 3.05) is 6.61 Å². The molecule has 0 aliphatic carbocycles. The zero-order chi connectivity index (χ0) is 14.5. The Labute approximate surface area is 117 Å². The van der Waals surface area contributed by atoms with Crippen molar-refractivity contribution in [1.29, 1.82) is 0 Å². The van der Waals surface area contributed by atoms with Crippen LogP contribution in [0.2, 0.25) is 0 Å². The molecule has 1 N–H and O–H groups in total. The van der Waals surface area contributed by atoms with E-state index in [1.165, 1.54) is 10.9 Å². The fraction of sp³-hybridized carbons (Fsp3) is 0.200. The van der Waals surface area contributed by atoms with E-state index in [1.54, 1.807) is 0 Å². The summed E-state index contributed by atoms with van der Waals surface area (Å²) in [5, 5.41) is 13.3. The van der Waals surface area contributed by atoms with Crippen LogP contribution < -0.4 is 4.74 Å². The van der Waals surface area contributed by atoms with E-state index in [9.17, 15) is 9.90 Å². The van der Waals surface area contributed by atoms with Gasteiger partial charge in [-0.15, -0.1) is 0 Å². The van der Waals surface area contributed by atoms with E-state index in [1.807, 2.05) is 50.3 Å². The number of ether oxygens (including phenoxy) is 1. The molecule has 5 nitrogen and oxygen atoms in total. The number of aromatic nitrogens is 2. The summed E-state index contributed by atoms with van der Waals surface area (Å²) in [6.07, 6.45) is 3.18. The summed E-state index contributed by atoms with van der Waals surface area (Å²) >= 11 is 0. The zero-order valence-electron chi connectivity index (χ0n) is 11.4. The highest BCUT2D eigenvalue weighted by atomic mass is 16.5. The number of allylic oxidation sites excluding steroid dienone is 1. The monoisotopic (exact) mass is 272 g/mol. The van der Waals surface area contributed by atoms with E-state index in [4.69, 9.17) is 4.74 Å². The number of carboxylic acids is 1. The van der Waals surface area contributed by atoms with E-state index < -0.39 is 5.97 Å². The normalized spacial score (nSPS) is 10.1. The van der Waals surface area contributed by atoms with Gasteiger partial charge in [0, 0.05) is 0 Å². The van der Waals surface area contributed by atoms with Gasteiger partial charge in [-0.2, -0.15) is 5.10 Å². The molecule has 1 aromatic carbocycles. The summed E-state index contributed by atoms with van der Waals surface area (Å²) in [6, 6.07) is 9.28. The van der Waals surface area contributed by atoms with Crippen molar-refractivity contribution in [1.82, 2.24) is 9.78 Å². The lowest BCUT2D eigenvalue weighted by atomic mass is 10.3. The predicted octanol–water partition coefficient (Wildman–Crippen LogP) is 2.92. The average Bonchev–Trinajstić information content (AvgIpc) is 2.83. The van der Waals surface area contributed by atoms with E-state index in [2.05, 4.69) is 5.10 Å². The van der Waals surface area contributed by atoms with Gasteiger partial charge >= 0.3 is 5.97 Å². The Morgan fingerprint density at radius 3 is 2.65 bits per heavy atom. The Hall–Kier alpha value is -2.56. The molecular formula is C15H16N2O3. The highest BCUT2D eigenvalue weighted by Gasteiger charge is 2.18. The molecule has 0 aliphatic rings. The molecule has 0 saturated heterocycles. The van der Waals surface area contributed by atoms with Gasteiger partial charge < -0.3 is 9.84 Å². The summed E-state index contributed by atoms with van der Waals surface area (Å²) in [6.45, 7) is 4.22. The van der Waals surface area contributed by atoms with Crippen molar-refractivity contribution in [3.8, 4) is 11.6 Å². The predicted molar refractivity (Wildman–Crippen MR) is 75.4 cm³/mol. The first-order valence-corrected chi connectivity index (χ1v) is 6.22. The first kappa shape index (κ1) is 13.9. The third-order valence-electron chi connectivity index (χ3n) is 2.67. The molecular weight excluding hydrogens is 256 g/mol. The molecule has 0 saturated carbocycles. The van der Waals surface area contributed by atoms with Crippen molar-refractivity contribution in [3.05, 3.63) is 53.7 Å². The number of aromatic carboxylic acids is 1. The van der Waals surface area contributed by atoms with E-state index >= 15 is 0 Å². The second-order valence-electron chi connectivity index (χ2n) is 4.51. The van der Waals surface area contributed by atoms with Crippen LogP contribution in [0.3, 0.4) is 0 Å². The maximum absolute atomic E-state index is 11.2. The minimum absolute atomic E-state index is 0.0519. The van der Waals surface area contributed by atoms with E-state index in [0.717, 1.165) is 11.3 Å². The summed E-state index contributed by atoms with van der Waals surface area (Å²) in [4.78, 5) is 11.2. The molecule has 0 fully saturated rings. The molecule has 2 rings (SSSR count). The molecule has 0 aliphatic heterocycles. The molecule has 0 atom stereocenters. The largest absolute Gasteiger partial charge is 0.477 e. The fourth-order valence-electron chi connectivity index (χ4n) is 1.66. The van der Waals surface area contributed by atoms with Crippen molar-refractivity contribution in [2.24, 2.45) is 0 Å². The van der Waals surface area contributed by atoms with Crippen LogP contribution in [-0.4, -0.2) is 27.5 Å². The molecule has 2 aromatic rings. The second kappa shape index (κ2) is 6.06. The minimum atomic E-state index is -1.06. The van der Waals surface area contributed by atoms with Crippen LogP contribution >= 0.6 is 0 Å². The maximum atomic E-state index is 11.2. The Morgan fingerprint density at radius 1 is 1.35 bits per heavy atom. The lowest BCUT2D eigenvalue weighted by molar-refractivity contribution is 0.0692. The molecule has 5 heteroatoms. The molecule has 0 bridgehead atoms. The summed E-state index contributed by atoms with van der Waals surface area (Å²) < 4.78 is 7.07. The van der Waals surface area contributed by atoms with Gasteiger partial charge in [0.1, 0.15) is 12.2 Å². The van der Waals surface area contributed by atoms with Crippen LogP contribution in [0.15, 0.2) is 48.2 Å². The van der Waals surface area contributed by atoms with Crippen LogP contribution in [0.1, 0.15) is 24.2 Å². The Bertz CT molecular complexity index is 626. The summed E-state index contributed by atoms with van der Waals surface area (Å²) in [5.41, 5.74) is 1.91. The second-order valence-corrected chi connectivity index (χ2v) is 4.51. The topological polar surface area (TPSA) is 64.3 Å². The van der Waals surface area contributed by atoms with Crippen LogP contribution in [0, 0.1) is 0 Å². The van der Waals surface area contributed by atoms with Gasteiger partial charge in [-0.1, -0.05) is 23.8 Å². The summed E-state index contributed by atoms with van der Waals surface area (Å²) in [7, 11) is 0. The van der Waals surface area contributed by atoms with Gasteiger partial charge in [0.25, 0.3) is 0 Å². The van der Waals surface area contributed by atoms with Crippen molar-refractivity contribution in [3.63, 3.8) is 0 Å². The highest BCUT2D eigenvalue weighted by Crippen LogP contribution is 2.22. The van der Waals surface area contributed by atoms with Gasteiger partial charge in [0.15, 0.2) is 0 Å². The lowest BCUT2D eigenvalue weighted by Gasteiger charge is -2.09. The van der Waals surface area contributed by atoms with Crippen molar-refractivity contribution < 1.29 is 14.6 Å². The van der Waals surface area contributed by atoms with Crippen LogP contribution in [-0.2, 0) is 0 Å². The summed E-state index contributed by atoms with van der Waals surface area (Å²) in [5.74, 6) is -0.819. The first-order valence-electron chi connectivity index (χ1n) is 6.22. The number of benzene rings is 1. The van der Waals surface area contributed by atoms with Crippen LogP contribution in [0.25, 0.3) is 5.69 Å². The molecule has 0 radical (unpaired) electrons. The van der Waals surface area contributed by atoms with Gasteiger partial charge in [-0.3, -0.25) is 0 Å². The number of para-hydroxylation sites is 1. The minimum Gasteiger partial charge on any atom is -0.477 e. The SMILES string of the molecule is CC(C)=CCOc1c(C(=O)O)cnn1-c1ccccc1. The quantitative estimate of drug-likeness (QED) is 0.850. The standard InChI is InChI=1S/C15H16N2O3/c1-11(2)8-9-20-14-13(15(18)19)10-16-17(14)12-6-4-3-5-7-12/h3-8,10H,9H2,1-2H3,(H,18,19). The van der Waals surface area contributed by atoms with E-state index in [-0.39, 0.29) is 11.4 Å².